The first-order valence-corrected chi connectivity index (χ1v) is 6.29. The molecule has 1 aromatic carbocycles. The highest BCUT2D eigenvalue weighted by Gasteiger charge is 2.17. The van der Waals surface area contributed by atoms with Crippen molar-refractivity contribution in [2.75, 3.05) is 33.0 Å². The molecule has 3 N–H and O–H groups in total. The molecule has 0 saturated carbocycles. The van der Waals surface area contributed by atoms with Gasteiger partial charge in [0.15, 0.2) is 0 Å². The Morgan fingerprint density at radius 2 is 2.00 bits per heavy atom. The number of methoxy groups -OCH3 is 1. The number of halogens is 2. The standard InChI is InChI=1S/C12H16Cl2N2O3/c1-16(5-8(17)6-19-2)12(18)7-3-9(13)11(15)10(14)4-7/h3-4,8,17H,5-6,15H2,1-2H3. The average molecular weight is 307 g/mol. The second-order valence-electron chi connectivity index (χ2n) is 4.15. The first-order valence-electron chi connectivity index (χ1n) is 5.53. The number of hydrogen-bond donors (Lipinski definition) is 2. The second kappa shape index (κ2) is 6.96. The zero-order valence-corrected chi connectivity index (χ0v) is 12.2. The summed E-state index contributed by atoms with van der Waals surface area (Å²) < 4.78 is 4.80. The van der Waals surface area contributed by atoms with E-state index in [9.17, 15) is 9.90 Å². The van der Waals surface area contributed by atoms with Crippen molar-refractivity contribution in [3.05, 3.63) is 27.7 Å². The van der Waals surface area contributed by atoms with Crippen LogP contribution in [0.15, 0.2) is 12.1 Å². The molecule has 0 saturated heterocycles. The fraction of sp³-hybridized carbons (Fsp3) is 0.417. The molecule has 0 bridgehead atoms. The summed E-state index contributed by atoms with van der Waals surface area (Å²) in [5, 5.41) is 10.0. The average Bonchev–Trinajstić information content (AvgIpc) is 2.34. The van der Waals surface area contributed by atoms with Crippen LogP contribution in [0.3, 0.4) is 0 Å². The van der Waals surface area contributed by atoms with E-state index in [1.165, 1.54) is 24.1 Å². The fourth-order valence-electron chi connectivity index (χ4n) is 1.57. The Kier molecular flexibility index (Phi) is 5.87. The summed E-state index contributed by atoms with van der Waals surface area (Å²) >= 11 is 11.7. The number of amides is 1. The monoisotopic (exact) mass is 306 g/mol. The van der Waals surface area contributed by atoms with E-state index in [4.69, 9.17) is 33.7 Å². The van der Waals surface area contributed by atoms with Gasteiger partial charge in [-0.25, -0.2) is 0 Å². The first kappa shape index (κ1) is 16.0. The molecule has 0 aliphatic carbocycles. The predicted octanol–water partition coefficient (Wildman–Crippen LogP) is 1.65. The van der Waals surface area contributed by atoms with Crippen molar-refractivity contribution >= 4 is 34.8 Å². The Bertz CT molecular complexity index is 445. The van der Waals surface area contributed by atoms with Crippen molar-refractivity contribution < 1.29 is 14.6 Å². The van der Waals surface area contributed by atoms with Crippen LogP contribution in [0.2, 0.25) is 10.0 Å². The van der Waals surface area contributed by atoms with Crippen LogP contribution >= 0.6 is 23.2 Å². The highest BCUT2D eigenvalue weighted by molar-refractivity contribution is 6.39. The molecule has 0 radical (unpaired) electrons. The molecule has 1 unspecified atom stereocenters. The van der Waals surface area contributed by atoms with Crippen LogP contribution in [-0.4, -0.2) is 49.3 Å². The number of ether oxygens (including phenoxy) is 1. The number of nitrogen functional groups attached to an aromatic ring is 1. The smallest absolute Gasteiger partial charge is 0.253 e. The van der Waals surface area contributed by atoms with Gasteiger partial charge in [0.25, 0.3) is 5.91 Å². The van der Waals surface area contributed by atoms with Crippen LogP contribution in [0, 0.1) is 0 Å². The molecule has 1 aromatic rings. The van der Waals surface area contributed by atoms with E-state index in [0.717, 1.165) is 0 Å². The predicted molar refractivity (Wildman–Crippen MR) is 75.7 cm³/mol. The van der Waals surface area contributed by atoms with Gasteiger partial charge in [0.1, 0.15) is 0 Å². The summed E-state index contributed by atoms with van der Waals surface area (Å²) in [4.78, 5) is 13.5. The van der Waals surface area contributed by atoms with E-state index >= 15 is 0 Å². The Morgan fingerprint density at radius 3 is 2.47 bits per heavy atom. The van der Waals surface area contributed by atoms with Crippen molar-refractivity contribution in [1.82, 2.24) is 4.90 Å². The molecule has 0 aliphatic heterocycles. The minimum absolute atomic E-state index is 0.145. The Labute approximate surface area is 121 Å². The number of aliphatic hydroxyl groups excluding tert-OH is 1. The van der Waals surface area contributed by atoms with Crippen molar-refractivity contribution in [2.45, 2.75) is 6.10 Å². The van der Waals surface area contributed by atoms with Crippen molar-refractivity contribution in [2.24, 2.45) is 0 Å². The van der Waals surface area contributed by atoms with Crippen molar-refractivity contribution in [3.8, 4) is 0 Å². The zero-order valence-electron chi connectivity index (χ0n) is 10.7. The number of likely N-dealkylation sites (N-methyl/N-ethyl adjacent to an activating group) is 1. The molecule has 1 atom stereocenters. The fourth-order valence-corrected chi connectivity index (χ4v) is 2.06. The number of carbonyl (C=O) groups is 1. The molecule has 0 aliphatic rings. The van der Waals surface area contributed by atoms with Gasteiger partial charge in [-0.2, -0.15) is 0 Å². The van der Waals surface area contributed by atoms with Crippen LogP contribution in [0.25, 0.3) is 0 Å². The highest BCUT2D eigenvalue weighted by atomic mass is 35.5. The van der Waals surface area contributed by atoms with E-state index in [-0.39, 0.29) is 34.8 Å². The van der Waals surface area contributed by atoms with E-state index in [0.29, 0.717) is 5.56 Å². The zero-order chi connectivity index (χ0) is 14.6. The maximum Gasteiger partial charge on any atom is 0.253 e. The van der Waals surface area contributed by atoms with Gasteiger partial charge in [-0.3, -0.25) is 4.79 Å². The van der Waals surface area contributed by atoms with Crippen LogP contribution in [0.1, 0.15) is 10.4 Å². The van der Waals surface area contributed by atoms with E-state index in [1.807, 2.05) is 0 Å². The van der Waals surface area contributed by atoms with Crippen LogP contribution in [0.4, 0.5) is 5.69 Å². The molecular formula is C12H16Cl2N2O3. The number of nitrogens with zero attached hydrogens (tertiary/aromatic N) is 1. The molecule has 1 rings (SSSR count). The molecule has 106 valence electrons. The molecule has 0 spiro atoms. The number of anilines is 1. The SMILES string of the molecule is COCC(O)CN(C)C(=O)c1cc(Cl)c(N)c(Cl)c1. The molecule has 1 amide bonds. The number of hydrogen-bond acceptors (Lipinski definition) is 4. The van der Waals surface area contributed by atoms with Gasteiger partial charge in [-0.05, 0) is 12.1 Å². The summed E-state index contributed by atoms with van der Waals surface area (Å²) in [6.45, 7) is 0.299. The number of benzene rings is 1. The van der Waals surface area contributed by atoms with Crippen LogP contribution < -0.4 is 5.73 Å². The molecule has 0 heterocycles. The van der Waals surface area contributed by atoms with Gasteiger partial charge in [0.2, 0.25) is 0 Å². The summed E-state index contributed by atoms with van der Waals surface area (Å²) in [5.74, 6) is -0.307. The van der Waals surface area contributed by atoms with Gasteiger partial charge in [0, 0.05) is 26.3 Å². The van der Waals surface area contributed by atoms with Gasteiger partial charge in [0.05, 0.1) is 28.4 Å². The minimum atomic E-state index is -0.751. The quantitative estimate of drug-likeness (QED) is 0.811. The molecule has 0 fully saturated rings. The summed E-state index contributed by atoms with van der Waals surface area (Å²) in [6, 6.07) is 2.90. The van der Waals surface area contributed by atoms with Gasteiger partial charge < -0.3 is 20.5 Å². The van der Waals surface area contributed by atoms with E-state index in [1.54, 1.807) is 7.05 Å². The maximum absolute atomic E-state index is 12.1. The van der Waals surface area contributed by atoms with E-state index in [2.05, 4.69) is 0 Å². The lowest BCUT2D eigenvalue weighted by Crippen LogP contribution is -2.36. The maximum atomic E-state index is 12.1. The van der Waals surface area contributed by atoms with Gasteiger partial charge >= 0.3 is 0 Å². The molecule has 7 heteroatoms. The summed E-state index contributed by atoms with van der Waals surface area (Å²) in [7, 11) is 3.05. The number of aliphatic hydroxyl groups is 1. The van der Waals surface area contributed by atoms with Crippen molar-refractivity contribution in [1.29, 1.82) is 0 Å². The van der Waals surface area contributed by atoms with Crippen molar-refractivity contribution in [3.63, 3.8) is 0 Å². The minimum Gasteiger partial charge on any atom is -0.396 e. The van der Waals surface area contributed by atoms with Crippen LogP contribution in [-0.2, 0) is 4.74 Å². The molecular weight excluding hydrogens is 291 g/mol. The second-order valence-corrected chi connectivity index (χ2v) is 4.96. The number of carbonyl (C=O) groups excluding carboxylic acids is 1. The topological polar surface area (TPSA) is 75.8 Å². The first-order chi connectivity index (χ1) is 8.86. The molecule has 0 aromatic heterocycles. The Morgan fingerprint density at radius 1 is 1.47 bits per heavy atom. The number of rotatable bonds is 5. The van der Waals surface area contributed by atoms with E-state index < -0.39 is 6.10 Å². The normalized spacial score (nSPS) is 12.3. The Balaban J connectivity index is 2.82. The van der Waals surface area contributed by atoms with Gasteiger partial charge in [-0.15, -0.1) is 0 Å². The lowest BCUT2D eigenvalue weighted by molar-refractivity contribution is 0.0380. The highest BCUT2D eigenvalue weighted by Crippen LogP contribution is 2.29. The molecule has 19 heavy (non-hydrogen) atoms. The van der Waals surface area contributed by atoms with Crippen LogP contribution in [0.5, 0.6) is 0 Å². The third kappa shape index (κ3) is 4.24. The summed E-state index contributed by atoms with van der Waals surface area (Å²) in [6.07, 6.45) is -0.751. The third-order valence-corrected chi connectivity index (χ3v) is 3.14. The van der Waals surface area contributed by atoms with Gasteiger partial charge in [-0.1, -0.05) is 23.2 Å². The Hall–Kier alpha value is -1.01. The number of nitrogens with two attached hydrogens (primary N) is 1. The third-order valence-electron chi connectivity index (χ3n) is 2.52. The molecule has 5 nitrogen and oxygen atoms in total. The lowest BCUT2D eigenvalue weighted by atomic mass is 10.1. The summed E-state index contributed by atoms with van der Waals surface area (Å²) in [5.41, 5.74) is 6.16. The largest absolute Gasteiger partial charge is 0.396 e. The lowest BCUT2D eigenvalue weighted by Gasteiger charge is -2.21.